The average Bonchev–Trinajstić information content (AvgIpc) is 3.44. The van der Waals surface area contributed by atoms with Crippen LogP contribution in [0.1, 0.15) is 30.9 Å². The number of benzene rings is 2. The number of carbonyl (C=O) groups is 2. The Hall–Kier alpha value is -3.12. The predicted molar refractivity (Wildman–Crippen MR) is 128 cm³/mol. The molecular weight excluding hydrogens is 452 g/mol. The largest absolute Gasteiger partial charge is 0.490 e. The highest BCUT2D eigenvalue weighted by Gasteiger charge is 2.73. The van der Waals surface area contributed by atoms with Crippen LogP contribution in [0.15, 0.2) is 59.7 Å². The molecule has 34 heavy (non-hydrogen) atoms. The molecule has 3 fully saturated rings. The first kappa shape index (κ1) is 21.4. The summed E-state index contributed by atoms with van der Waals surface area (Å²) in [6.07, 6.45) is 8.12. The summed E-state index contributed by atoms with van der Waals surface area (Å²) >= 11 is 5.95. The third-order valence-corrected chi connectivity index (χ3v) is 7.98. The van der Waals surface area contributed by atoms with E-state index in [-0.39, 0.29) is 40.9 Å². The Labute approximate surface area is 203 Å². The molecule has 1 saturated heterocycles. The third-order valence-electron chi connectivity index (χ3n) is 7.73. The molecule has 0 unspecified atom stereocenters. The zero-order valence-electron chi connectivity index (χ0n) is 18.8. The van der Waals surface area contributed by atoms with Crippen LogP contribution in [0, 0.1) is 29.1 Å². The summed E-state index contributed by atoms with van der Waals surface area (Å²) < 4.78 is 11.7. The highest BCUT2D eigenvalue weighted by molar-refractivity contribution is 6.30. The molecule has 6 nitrogen and oxygen atoms in total. The standard InChI is InChI=1S/C27H25ClN2O4/c1-2-33-22-13-17(5-10-21(22)34-15-16-3-6-18(28)7-4-16)14-29-30-25(31)23-19-8-9-20(24(23)26(30)32)27(19)11-12-27/h3-10,13-14,19-20,23-24H,2,11-12,15H2,1H3/b29-14-/t19-,20-,23+,24+/m1/s1. The Morgan fingerprint density at radius 3 is 2.29 bits per heavy atom. The van der Waals surface area contributed by atoms with E-state index in [4.69, 9.17) is 21.1 Å². The predicted octanol–water partition coefficient (Wildman–Crippen LogP) is 4.85. The van der Waals surface area contributed by atoms with Crippen molar-refractivity contribution < 1.29 is 19.1 Å². The quantitative estimate of drug-likeness (QED) is 0.325. The number of ether oxygens (including phenoxy) is 2. The van der Waals surface area contributed by atoms with Crippen LogP contribution in [0.2, 0.25) is 5.02 Å². The summed E-state index contributed by atoms with van der Waals surface area (Å²) in [4.78, 5) is 26.2. The number of allylic oxidation sites excluding steroid dienone is 2. The number of amides is 2. The van der Waals surface area contributed by atoms with E-state index in [0.29, 0.717) is 29.7 Å². The molecule has 2 saturated carbocycles. The van der Waals surface area contributed by atoms with Crippen molar-refractivity contribution in [3.05, 3.63) is 70.8 Å². The van der Waals surface area contributed by atoms with Gasteiger partial charge in [-0.1, -0.05) is 35.9 Å². The number of rotatable bonds is 7. The van der Waals surface area contributed by atoms with E-state index >= 15 is 0 Å². The maximum atomic E-state index is 13.1. The fourth-order valence-corrected chi connectivity index (χ4v) is 6.16. The van der Waals surface area contributed by atoms with Gasteiger partial charge in [0, 0.05) is 5.02 Å². The first-order chi connectivity index (χ1) is 16.5. The summed E-state index contributed by atoms with van der Waals surface area (Å²) in [7, 11) is 0. The maximum absolute atomic E-state index is 13.1. The van der Waals surface area contributed by atoms with Gasteiger partial charge in [-0.2, -0.15) is 10.1 Å². The monoisotopic (exact) mass is 476 g/mol. The molecule has 1 heterocycles. The lowest BCUT2D eigenvalue weighted by atomic mass is 9.85. The van der Waals surface area contributed by atoms with Crippen molar-refractivity contribution in [1.29, 1.82) is 0 Å². The highest BCUT2D eigenvalue weighted by atomic mass is 35.5. The van der Waals surface area contributed by atoms with Gasteiger partial charge in [-0.15, -0.1) is 0 Å². The van der Waals surface area contributed by atoms with E-state index in [1.54, 1.807) is 12.3 Å². The van der Waals surface area contributed by atoms with Crippen molar-refractivity contribution in [3.63, 3.8) is 0 Å². The fraction of sp³-hybridized carbons (Fsp3) is 0.370. The minimum atomic E-state index is -0.246. The van der Waals surface area contributed by atoms with Gasteiger partial charge in [-0.3, -0.25) is 9.59 Å². The SMILES string of the molecule is CCOc1cc(/C=N\N2C(=O)[C@@H]3[C@@H](C2=O)[C@H]2C=C[C@H]3C23CC3)ccc1OCc1ccc(Cl)cc1. The molecule has 6 rings (SSSR count). The maximum Gasteiger partial charge on any atom is 0.254 e. The van der Waals surface area contributed by atoms with Gasteiger partial charge in [-0.05, 0) is 78.5 Å². The van der Waals surface area contributed by atoms with Gasteiger partial charge in [0.1, 0.15) is 6.61 Å². The van der Waals surface area contributed by atoms with Crippen molar-refractivity contribution in [1.82, 2.24) is 5.01 Å². The number of hydrogen-bond acceptors (Lipinski definition) is 5. The molecule has 4 aliphatic rings. The molecule has 0 aromatic heterocycles. The smallest absolute Gasteiger partial charge is 0.254 e. The highest BCUT2D eigenvalue weighted by Crippen LogP contribution is 2.73. The van der Waals surface area contributed by atoms with Crippen molar-refractivity contribution in [2.75, 3.05) is 6.61 Å². The normalized spacial score (nSPS) is 27.8. The molecule has 7 heteroatoms. The number of halogens is 1. The number of hydrogen-bond donors (Lipinski definition) is 0. The lowest BCUT2D eigenvalue weighted by Gasteiger charge is -2.18. The van der Waals surface area contributed by atoms with Crippen molar-refractivity contribution >= 4 is 29.6 Å². The number of carbonyl (C=O) groups excluding carboxylic acids is 2. The Balaban J connectivity index is 1.18. The van der Waals surface area contributed by atoms with E-state index in [2.05, 4.69) is 17.3 Å². The molecule has 4 atom stereocenters. The minimum Gasteiger partial charge on any atom is -0.490 e. The summed E-state index contributed by atoms with van der Waals surface area (Å²) in [6, 6.07) is 12.9. The van der Waals surface area contributed by atoms with E-state index < -0.39 is 0 Å². The third kappa shape index (κ3) is 3.27. The van der Waals surface area contributed by atoms with Gasteiger partial charge in [-0.25, -0.2) is 0 Å². The molecule has 2 amide bonds. The Bertz CT molecular complexity index is 1180. The van der Waals surface area contributed by atoms with Crippen LogP contribution in [0.4, 0.5) is 0 Å². The zero-order valence-corrected chi connectivity index (χ0v) is 19.6. The molecular formula is C27H25ClN2O4. The van der Waals surface area contributed by atoms with E-state index in [1.165, 1.54) is 0 Å². The summed E-state index contributed by atoms with van der Waals surface area (Å²) in [5.41, 5.74) is 1.90. The lowest BCUT2D eigenvalue weighted by molar-refractivity contribution is -0.141. The van der Waals surface area contributed by atoms with Gasteiger partial charge >= 0.3 is 0 Å². The Morgan fingerprint density at radius 2 is 1.68 bits per heavy atom. The second-order valence-electron chi connectivity index (χ2n) is 9.51. The number of fused-ring (bicyclic) bond motifs is 3. The molecule has 0 N–H and O–H groups in total. The molecule has 174 valence electrons. The molecule has 3 aliphatic carbocycles. The lowest BCUT2D eigenvalue weighted by Crippen LogP contribution is -2.30. The van der Waals surface area contributed by atoms with Gasteiger partial charge in [0.05, 0.1) is 24.7 Å². The first-order valence-electron chi connectivity index (χ1n) is 11.8. The Kier molecular flexibility index (Phi) is 5.03. The van der Waals surface area contributed by atoms with Gasteiger partial charge in [0.25, 0.3) is 11.8 Å². The number of imide groups is 1. The van der Waals surface area contributed by atoms with Crippen molar-refractivity contribution in [2.45, 2.75) is 26.4 Å². The number of hydrazone groups is 1. The van der Waals surface area contributed by atoms with E-state index in [9.17, 15) is 9.59 Å². The van der Waals surface area contributed by atoms with Crippen molar-refractivity contribution in [2.24, 2.45) is 34.2 Å². The summed E-state index contributed by atoms with van der Waals surface area (Å²) in [5, 5.41) is 6.07. The number of nitrogens with zero attached hydrogens (tertiary/aromatic N) is 2. The Morgan fingerprint density at radius 1 is 1.00 bits per heavy atom. The van der Waals surface area contributed by atoms with E-state index in [1.807, 2.05) is 43.3 Å². The van der Waals surface area contributed by atoms with Crippen LogP contribution in [0.25, 0.3) is 0 Å². The molecule has 2 aromatic carbocycles. The second kappa shape index (κ2) is 7.98. The van der Waals surface area contributed by atoms with Crippen molar-refractivity contribution in [3.8, 4) is 11.5 Å². The fourth-order valence-electron chi connectivity index (χ4n) is 6.04. The second-order valence-corrected chi connectivity index (χ2v) is 9.94. The van der Waals surface area contributed by atoms with Gasteiger partial charge in [0.15, 0.2) is 11.5 Å². The molecule has 1 aliphatic heterocycles. The summed E-state index contributed by atoms with van der Waals surface area (Å²) in [5.74, 6) is 0.754. The zero-order chi connectivity index (χ0) is 23.4. The average molecular weight is 477 g/mol. The van der Waals surface area contributed by atoms with Crippen LogP contribution in [0.3, 0.4) is 0 Å². The molecule has 2 bridgehead atoms. The minimum absolute atomic E-state index is 0.165. The van der Waals surface area contributed by atoms with Crippen LogP contribution in [-0.2, 0) is 16.2 Å². The van der Waals surface area contributed by atoms with Crippen LogP contribution in [0.5, 0.6) is 11.5 Å². The van der Waals surface area contributed by atoms with Crippen LogP contribution >= 0.6 is 11.6 Å². The van der Waals surface area contributed by atoms with Gasteiger partial charge in [0.2, 0.25) is 0 Å². The first-order valence-corrected chi connectivity index (χ1v) is 12.1. The van der Waals surface area contributed by atoms with E-state index in [0.717, 1.165) is 29.0 Å². The van der Waals surface area contributed by atoms with Crippen LogP contribution in [-0.4, -0.2) is 29.6 Å². The molecule has 1 spiro atoms. The van der Waals surface area contributed by atoms with Crippen LogP contribution < -0.4 is 9.47 Å². The topological polar surface area (TPSA) is 68.2 Å². The molecule has 0 radical (unpaired) electrons. The summed E-state index contributed by atoms with van der Waals surface area (Å²) in [6.45, 7) is 2.75. The molecule has 2 aromatic rings. The van der Waals surface area contributed by atoms with Gasteiger partial charge < -0.3 is 9.47 Å².